The zero-order chi connectivity index (χ0) is 38.2. The topological polar surface area (TPSA) is 289 Å². The van der Waals surface area contributed by atoms with Crippen LogP contribution in [-0.4, -0.2) is 61.7 Å². The molecule has 27 heteroatoms. The van der Waals surface area contributed by atoms with E-state index in [-0.39, 0.29) is 33.9 Å². The largest absolute Gasteiger partial charge is 0.294 e. The van der Waals surface area contributed by atoms with E-state index in [4.69, 9.17) is 33.7 Å². The van der Waals surface area contributed by atoms with Gasteiger partial charge in [0.1, 0.15) is 0 Å². The first-order valence-corrected chi connectivity index (χ1v) is 22.0. The van der Waals surface area contributed by atoms with Crippen LogP contribution in [0.25, 0.3) is 0 Å². The van der Waals surface area contributed by atoms with Crippen LogP contribution in [0.4, 0.5) is 0 Å². The summed E-state index contributed by atoms with van der Waals surface area (Å²) in [6.07, 6.45) is 0. The predicted molar refractivity (Wildman–Crippen MR) is 173 cm³/mol. The number of benzene rings is 4. The highest BCUT2D eigenvalue weighted by Gasteiger charge is 2.30. The molecule has 0 saturated carbocycles. The Morgan fingerprint density at radius 2 is 0.784 bits per heavy atom. The fourth-order valence-corrected chi connectivity index (χ4v) is 11.6. The molecule has 0 heterocycles. The van der Waals surface area contributed by atoms with Crippen molar-refractivity contribution in [2.24, 2.45) is 0 Å². The molecule has 0 bridgehead atoms. The Kier molecular flexibility index (Phi) is 12.6. The van der Waals surface area contributed by atoms with Crippen molar-refractivity contribution in [2.45, 2.75) is 49.0 Å². The molecule has 0 unspecified atom stereocenters. The van der Waals surface area contributed by atoms with Crippen molar-refractivity contribution >= 4 is 97.0 Å². The highest BCUT2D eigenvalue weighted by atomic mass is 35.5. The summed E-state index contributed by atoms with van der Waals surface area (Å²) in [7, 11) is -24.8. The lowest BCUT2D eigenvalue weighted by molar-refractivity contribution is -0.432. The first kappa shape index (κ1) is 41.3. The molecule has 4 aromatic carbocycles. The lowest BCUT2D eigenvalue weighted by Gasteiger charge is -2.13. The Labute approximate surface area is 307 Å². The lowest BCUT2D eigenvalue weighted by atomic mass is 10.3. The molecule has 0 aromatic heterocycles. The van der Waals surface area contributed by atoms with Gasteiger partial charge in [0.2, 0.25) is 29.5 Å². The average Bonchev–Trinajstić information content (AvgIpc) is 3.05. The van der Waals surface area contributed by atoms with E-state index in [0.29, 0.717) is 24.3 Å². The normalized spacial score (nSPS) is 13.0. The van der Waals surface area contributed by atoms with Crippen LogP contribution in [0.3, 0.4) is 0 Å². The van der Waals surface area contributed by atoms with Gasteiger partial charge in [-0.3, -0.25) is 9.11 Å². The van der Waals surface area contributed by atoms with E-state index >= 15 is 0 Å². The van der Waals surface area contributed by atoms with Crippen molar-refractivity contribution in [1.29, 1.82) is 0 Å². The minimum absolute atomic E-state index is 0.128. The predicted octanol–water partition coefficient (Wildman–Crippen LogP) is 4.84. The van der Waals surface area contributed by atoms with Crippen molar-refractivity contribution in [1.82, 2.24) is 0 Å². The molecular weight excluding hydrogens is 872 g/mol. The first-order chi connectivity index (χ1) is 23.5. The number of rotatable bonds is 14. The van der Waals surface area contributed by atoms with E-state index in [1.54, 1.807) is 0 Å². The van der Waals surface area contributed by atoms with E-state index in [2.05, 4.69) is 18.7 Å². The summed E-state index contributed by atoms with van der Waals surface area (Å²) in [6, 6.07) is 8.78. The molecule has 0 radical (unpaired) electrons. The van der Waals surface area contributed by atoms with Gasteiger partial charge in [0, 0.05) is 9.79 Å². The number of sulfone groups is 3. The number of halogens is 2. The number of hydrogen-bond acceptors (Lipinski definition) is 18. The molecule has 4 rings (SSSR count). The van der Waals surface area contributed by atoms with Gasteiger partial charge in [-0.25, -0.2) is 35.8 Å². The summed E-state index contributed by atoms with van der Waals surface area (Å²) in [5, 5.41) is 22.6. The molecule has 276 valence electrons. The van der Waals surface area contributed by atoms with E-state index in [0.717, 1.165) is 48.5 Å². The van der Waals surface area contributed by atoms with Crippen LogP contribution < -0.4 is 0 Å². The summed E-state index contributed by atoms with van der Waals surface area (Å²) >= 11 is 12.5. The minimum atomic E-state index is -5.04. The standard InChI is InChI=1S/C24H16Cl2O18S7/c25-21-3-1-15(11-23(21)48(31,32)17-5-13(45-43-41-27)7-19(9-17)50(35,36)37)47(29,30)16-2-4-22(26)24(12-16)49(33,34)18-6-14(46-44-42-28)8-20(10-18)51(38,39)40/h1-12,27-28H,(H,35,36,37)(H,38,39,40). The third kappa shape index (κ3) is 9.22. The Balaban J connectivity index is 1.86. The quantitative estimate of drug-likeness (QED) is 0.0570. The molecule has 0 spiro atoms. The van der Waals surface area contributed by atoms with Crippen LogP contribution >= 0.6 is 47.3 Å². The minimum Gasteiger partial charge on any atom is -0.282 e. The molecule has 0 amide bonds. The lowest BCUT2D eigenvalue weighted by Crippen LogP contribution is -2.10. The maximum absolute atomic E-state index is 13.8. The van der Waals surface area contributed by atoms with Crippen molar-refractivity contribution < 1.29 is 80.5 Å². The summed E-state index contributed by atoms with van der Waals surface area (Å²) in [4.78, 5) is -7.62. The smallest absolute Gasteiger partial charge is 0.282 e. The summed E-state index contributed by atoms with van der Waals surface area (Å²) < 4.78 is 157. The van der Waals surface area contributed by atoms with E-state index in [1.807, 2.05) is 0 Å². The van der Waals surface area contributed by atoms with Crippen molar-refractivity contribution in [2.75, 3.05) is 0 Å². The molecule has 18 nitrogen and oxygen atoms in total. The van der Waals surface area contributed by atoms with Crippen molar-refractivity contribution in [3.63, 3.8) is 0 Å². The third-order valence-corrected chi connectivity index (χ3v) is 15.2. The number of hydrogen-bond donors (Lipinski definition) is 4. The molecule has 0 aliphatic carbocycles. The van der Waals surface area contributed by atoms with Gasteiger partial charge in [0.05, 0.1) is 73.3 Å². The second-order valence-electron chi connectivity index (χ2n) is 9.38. The van der Waals surface area contributed by atoms with Gasteiger partial charge < -0.3 is 0 Å². The highest BCUT2D eigenvalue weighted by Crippen LogP contribution is 2.37. The maximum atomic E-state index is 13.8. The van der Waals surface area contributed by atoms with Gasteiger partial charge >= 0.3 is 0 Å². The monoisotopic (exact) mass is 886 g/mol. The average molecular weight is 888 g/mol. The van der Waals surface area contributed by atoms with E-state index in [1.165, 1.54) is 0 Å². The van der Waals surface area contributed by atoms with Crippen LogP contribution in [0.5, 0.6) is 0 Å². The first-order valence-electron chi connectivity index (χ1n) is 12.4. The molecule has 51 heavy (non-hydrogen) atoms. The van der Waals surface area contributed by atoms with Gasteiger partial charge in [0.15, 0.2) is 0 Å². The molecule has 0 atom stereocenters. The third-order valence-electron chi connectivity index (χ3n) is 6.25. The molecular formula is C24H16Cl2O18S7. The van der Waals surface area contributed by atoms with Gasteiger partial charge in [0.25, 0.3) is 20.2 Å². The Bertz CT molecular complexity index is 2410. The van der Waals surface area contributed by atoms with E-state index < -0.39 is 99.0 Å². The second kappa shape index (κ2) is 15.5. The fraction of sp³-hybridized carbons (Fsp3) is 0. The molecule has 0 aliphatic rings. The SMILES string of the molecule is O=S(=O)(O)c1cc(SOOO)cc(S(=O)(=O)c2cc(S(=O)(=O)c3ccc(Cl)c(S(=O)(=O)c4cc(SOOO)cc(S(=O)(=O)O)c4)c3)ccc2Cl)c1. The molecule has 4 N–H and O–H groups in total. The Morgan fingerprint density at radius 1 is 0.451 bits per heavy atom. The van der Waals surface area contributed by atoms with Gasteiger partial charge in [-0.05, 0) is 72.8 Å². The Hall–Kier alpha value is -2.41. The molecule has 0 saturated heterocycles. The van der Waals surface area contributed by atoms with Crippen LogP contribution in [0.2, 0.25) is 10.0 Å². The van der Waals surface area contributed by atoms with E-state index in [9.17, 15) is 51.2 Å². The zero-order valence-electron chi connectivity index (χ0n) is 24.0. The molecule has 0 aliphatic heterocycles. The van der Waals surface area contributed by atoms with Crippen molar-refractivity contribution in [3.8, 4) is 0 Å². The summed E-state index contributed by atoms with van der Waals surface area (Å²) in [5.74, 6) is 0. The van der Waals surface area contributed by atoms with Crippen LogP contribution in [0.1, 0.15) is 0 Å². The summed E-state index contributed by atoms with van der Waals surface area (Å²) in [5.41, 5.74) is 0. The maximum Gasteiger partial charge on any atom is 0.294 e. The molecule has 4 aromatic rings. The van der Waals surface area contributed by atoms with Crippen LogP contribution in [0, 0.1) is 0 Å². The fourth-order valence-electron chi connectivity index (χ4n) is 4.01. The van der Waals surface area contributed by atoms with Gasteiger partial charge in [-0.2, -0.15) is 16.8 Å². The van der Waals surface area contributed by atoms with Crippen LogP contribution in [-0.2, 0) is 68.5 Å². The zero-order valence-corrected chi connectivity index (χ0v) is 31.3. The highest BCUT2D eigenvalue weighted by molar-refractivity contribution is 7.95. The summed E-state index contributed by atoms with van der Waals surface area (Å²) in [6.45, 7) is 0. The molecule has 0 fully saturated rings. The second-order valence-corrected chi connectivity index (χ2v) is 20.4. The van der Waals surface area contributed by atoms with Crippen molar-refractivity contribution in [3.05, 3.63) is 82.8 Å². The van der Waals surface area contributed by atoms with Gasteiger partial charge in [-0.1, -0.05) is 33.3 Å². The Morgan fingerprint density at radius 3 is 1.10 bits per heavy atom. The van der Waals surface area contributed by atoms with Crippen LogP contribution in [0.15, 0.2) is 122 Å². The van der Waals surface area contributed by atoms with Gasteiger partial charge in [-0.15, -0.1) is 8.67 Å².